The minimum Gasteiger partial charge on any atom is -0.496 e. The molecular formula is C13H21NO4. The molecule has 0 heterocycles. The Hall–Kier alpha value is -1.46. The zero-order valence-corrected chi connectivity index (χ0v) is 11.1. The number of ether oxygens (including phenoxy) is 2. The number of aliphatic hydroxyl groups excluding tert-OH is 2. The first-order valence-electron chi connectivity index (χ1n) is 5.87. The van der Waals surface area contributed by atoms with Gasteiger partial charge in [-0.25, -0.2) is 0 Å². The van der Waals surface area contributed by atoms with Gasteiger partial charge in [0.05, 0.1) is 32.6 Å². The van der Waals surface area contributed by atoms with E-state index in [4.69, 9.17) is 14.6 Å². The highest BCUT2D eigenvalue weighted by Crippen LogP contribution is 2.35. The van der Waals surface area contributed by atoms with Crippen molar-refractivity contribution in [2.24, 2.45) is 0 Å². The van der Waals surface area contributed by atoms with Gasteiger partial charge in [-0.2, -0.15) is 0 Å². The van der Waals surface area contributed by atoms with Crippen LogP contribution in [0, 0.1) is 6.92 Å². The van der Waals surface area contributed by atoms with E-state index in [1.165, 1.54) is 0 Å². The maximum Gasteiger partial charge on any atom is 0.148 e. The Bertz CT molecular complexity index is 381. The van der Waals surface area contributed by atoms with Crippen molar-refractivity contribution in [3.8, 4) is 11.5 Å². The molecule has 0 amide bonds. The lowest BCUT2D eigenvalue weighted by atomic mass is 10.1. The molecule has 0 aromatic heterocycles. The zero-order chi connectivity index (χ0) is 13.5. The van der Waals surface area contributed by atoms with Crippen molar-refractivity contribution < 1.29 is 19.7 Å². The fraction of sp³-hybridized carbons (Fsp3) is 0.538. The predicted molar refractivity (Wildman–Crippen MR) is 70.5 cm³/mol. The highest BCUT2D eigenvalue weighted by Gasteiger charge is 2.14. The van der Waals surface area contributed by atoms with Gasteiger partial charge in [0.2, 0.25) is 0 Å². The molecule has 1 atom stereocenters. The topological polar surface area (TPSA) is 71.0 Å². The average Bonchev–Trinajstić information content (AvgIpc) is 2.38. The van der Waals surface area contributed by atoms with Crippen LogP contribution in [0.4, 0.5) is 5.69 Å². The minimum absolute atomic E-state index is 0.0235. The molecule has 0 aliphatic carbocycles. The molecule has 1 aromatic carbocycles. The summed E-state index contributed by atoms with van der Waals surface area (Å²) in [6, 6.07) is 3.48. The lowest BCUT2D eigenvalue weighted by Crippen LogP contribution is -2.25. The summed E-state index contributed by atoms with van der Waals surface area (Å²) in [4.78, 5) is 0. The zero-order valence-electron chi connectivity index (χ0n) is 11.1. The fourth-order valence-corrected chi connectivity index (χ4v) is 1.86. The number of rotatable bonds is 7. The van der Waals surface area contributed by atoms with Gasteiger partial charge in [-0.15, -0.1) is 0 Å². The maximum absolute atomic E-state index is 9.21. The molecule has 1 aromatic rings. The number of hydrogen-bond donors (Lipinski definition) is 3. The first-order chi connectivity index (χ1) is 8.67. The van der Waals surface area contributed by atoms with E-state index in [1.54, 1.807) is 14.2 Å². The number of hydrogen-bond acceptors (Lipinski definition) is 5. The molecule has 102 valence electrons. The minimum atomic E-state index is -0.198. The van der Waals surface area contributed by atoms with Gasteiger partial charge < -0.3 is 25.0 Å². The average molecular weight is 255 g/mol. The van der Waals surface area contributed by atoms with Crippen LogP contribution < -0.4 is 14.8 Å². The Balaban J connectivity index is 2.98. The van der Waals surface area contributed by atoms with Crippen LogP contribution in [0.15, 0.2) is 12.1 Å². The highest BCUT2D eigenvalue weighted by molar-refractivity contribution is 5.64. The summed E-state index contributed by atoms with van der Waals surface area (Å²) in [6.45, 7) is 1.88. The van der Waals surface area contributed by atoms with E-state index in [9.17, 15) is 5.11 Å². The molecule has 0 spiro atoms. The third-order valence-electron chi connectivity index (χ3n) is 2.84. The van der Waals surface area contributed by atoms with Crippen LogP contribution in [-0.2, 0) is 0 Å². The van der Waals surface area contributed by atoms with Crippen molar-refractivity contribution in [3.05, 3.63) is 17.7 Å². The molecule has 0 aliphatic rings. The van der Waals surface area contributed by atoms with E-state index in [0.717, 1.165) is 17.0 Å². The van der Waals surface area contributed by atoms with Crippen molar-refractivity contribution in [2.75, 3.05) is 32.8 Å². The van der Waals surface area contributed by atoms with Gasteiger partial charge in [0.25, 0.3) is 0 Å². The smallest absolute Gasteiger partial charge is 0.148 e. The van der Waals surface area contributed by atoms with E-state index in [0.29, 0.717) is 12.2 Å². The third-order valence-corrected chi connectivity index (χ3v) is 2.84. The predicted octanol–water partition coefficient (Wildman–Crippen LogP) is 1.17. The van der Waals surface area contributed by atoms with Crippen LogP contribution in [0.1, 0.15) is 12.0 Å². The van der Waals surface area contributed by atoms with Crippen molar-refractivity contribution in [3.63, 3.8) is 0 Å². The van der Waals surface area contributed by atoms with Gasteiger partial charge >= 0.3 is 0 Å². The molecule has 1 unspecified atom stereocenters. The molecule has 0 fully saturated rings. The van der Waals surface area contributed by atoms with Crippen LogP contribution in [0.2, 0.25) is 0 Å². The van der Waals surface area contributed by atoms with Crippen LogP contribution in [0.3, 0.4) is 0 Å². The quantitative estimate of drug-likeness (QED) is 0.682. The number of benzene rings is 1. The summed E-state index contributed by atoms with van der Waals surface area (Å²) >= 11 is 0. The van der Waals surface area contributed by atoms with E-state index >= 15 is 0 Å². The summed E-state index contributed by atoms with van der Waals surface area (Å²) in [6.07, 6.45) is 0.477. The standard InChI is InChI=1S/C13H21NO4/c1-9-12(17-2)5-4-11(13(9)18-3)14-10(8-16)6-7-15/h4-5,10,14-16H,6-8H2,1-3H3. The van der Waals surface area contributed by atoms with Gasteiger partial charge in [-0.1, -0.05) is 0 Å². The molecule has 18 heavy (non-hydrogen) atoms. The van der Waals surface area contributed by atoms with Crippen molar-refractivity contribution >= 4 is 5.69 Å². The van der Waals surface area contributed by atoms with Gasteiger partial charge in [0.15, 0.2) is 0 Å². The molecule has 0 aliphatic heterocycles. The monoisotopic (exact) mass is 255 g/mol. The second-order valence-corrected chi connectivity index (χ2v) is 4.01. The number of anilines is 1. The molecule has 5 heteroatoms. The van der Waals surface area contributed by atoms with Crippen LogP contribution >= 0.6 is 0 Å². The Kier molecular flexibility index (Phi) is 5.74. The highest BCUT2D eigenvalue weighted by atomic mass is 16.5. The van der Waals surface area contributed by atoms with E-state index < -0.39 is 0 Å². The SMILES string of the molecule is COc1ccc(NC(CO)CCO)c(OC)c1C. The Labute approximate surface area is 107 Å². The molecular weight excluding hydrogens is 234 g/mol. The van der Waals surface area contributed by atoms with E-state index in [1.807, 2.05) is 19.1 Å². The van der Waals surface area contributed by atoms with Gasteiger partial charge in [-0.3, -0.25) is 0 Å². The third kappa shape index (κ3) is 3.27. The summed E-state index contributed by atoms with van der Waals surface area (Å²) in [5.41, 5.74) is 1.67. The van der Waals surface area contributed by atoms with Crippen LogP contribution in [0.5, 0.6) is 11.5 Å². The Morgan fingerprint density at radius 1 is 1.22 bits per heavy atom. The van der Waals surface area contributed by atoms with Gasteiger partial charge in [0.1, 0.15) is 11.5 Å². The molecule has 5 nitrogen and oxygen atoms in total. The summed E-state index contributed by atoms with van der Waals surface area (Å²) in [5.74, 6) is 1.44. The van der Waals surface area contributed by atoms with E-state index in [-0.39, 0.29) is 19.3 Å². The lowest BCUT2D eigenvalue weighted by Gasteiger charge is -2.20. The number of nitrogens with one attached hydrogen (secondary N) is 1. The molecule has 3 N–H and O–H groups in total. The number of methoxy groups -OCH3 is 2. The summed E-state index contributed by atoms with van der Waals surface area (Å²) in [7, 11) is 3.20. The largest absolute Gasteiger partial charge is 0.496 e. The molecule has 0 saturated heterocycles. The lowest BCUT2D eigenvalue weighted by molar-refractivity contribution is 0.228. The Morgan fingerprint density at radius 2 is 1.94 bits per heavy atom. The second kappa shape index (κ2) is 7.08. The van der Waals surface area contributed by atoms with Crippen molar-refractivity contribution in [1.29, 1.82) is 0 Å². The summed E-state index contributed by atoms with van der Waals surface area (Å²) < 4.78 is 10.6. The molecule has 0 radical (unpaired) electrons. The molecule has 1 rings (SSSR count). The van der Waals surface area contributed by atoms with Crippen molar-refractivity contribution in [1.82, 2.24) is 0 Å². The van der Waals surface area contributed by atoms with Gasteiger partial charge in [-0.05, 0) is 25.5 Å². The normalized spacial score (nSPS) is 12.1. The van der Waals surface area contributed by atoms with Crippen LogP contribution in [-0.4, -0.2) is 43.7 Å². The Morgan fingerprint density at radius 3 is 2.44 bits per heavy atom. The first-order valence-corrected chi connectivity index (χ1v) is 5.87. The first kappa shape index (κ1) is 14.6. The van der Waals surface area contributed by atoms with Gasteiger partial charge in [0, 0.05) is 12.2 Å². The number of aliphatic hydroxyl groups is 2. The molecule has 0 saturated carbocycles. The van der Waals surface area contributed by atoms with Crippen molar-refractivity contribution in [2.45, 2.75) is 19.4 Å². The second-order valence-electron chi connectivity index (χ2n) is 4.01. The van der Waals surface area contributed by atoms with Crippen LogP contribution in [0.25, 0.3) is 0 Å². The summed E-state index contributed by atoms with van der Waals surface area (Å²) in [5, 5.41) is 21.3. The fourth-order valence-electron chi connectivity index (χ4n) is 1.86. The maximum atomic E-state index is 9.21. The van der Waals surface area contributed by atoms with E-state index in [2.05, 4.69) is 5.32 Å². The molecule has 0 bridgehead atoms.